The highest BCUT2D eigenvalue weighted by Gasteiger charge is 2.12. The average molecular weight is 258 g/mol. The molecule has 0 amide bonds. The third-order valence-electron chi connectivity index (χ3n) is 3.22. The minimum absolute atomic E-state index is 0.172. The summed E-state index contributed by atoms with van der Waals surface area (Å²) in [6, 6.07) is 8.31. The summed E-state index contributed by atoms with van der Waals surface area (Å²) in [5.74, 6) is 5.97. The van der Waals surface area contributed by atoms with Crippen LogP contribution in [-0.4, -0.2) is 11.2 Å². The topological polar surface area (TPSA) is 20.2 Å². The van der Waals surface area contributed by atoms with Gasteiger partial charge in [0.2, 0.25) is 0 Å². The predicted octanol–water partition coefficient (Wildman–Crippen LogP) is 4.28. The van der Waals surface area contributed by atoms with Crippen molar-refractivity contribution in [1.82, 2.24) is 0 Å². The van der Waals surface area contributed by atoms with E-state index in [1.165, 1.54) is 18.4 Å². The van der Waals surface area contributed by atoms with E-state index >= 15 is 0 Å². The lowest BCUT2D eigenvalue weighted by Gasteiger charge is -2.18. The largest absolute Gasteiger partial charge is 0.380 e. The number of rotatable bonds is 4. The number of hydrogen-bond acceptors (Lipinski definition) is 1. The first-order valence-electron chi connectivity index (χ1n) is 7.23. The summed E-state index contributed by atoms with van der Waals surface area (Å²) in [6.45, 7) is 8.76. The molecule has 0 heterocycles. The van der Waals surface area contributed by atoms with Crippen molar-refractivity contribution in [2.45, 2.75) is 64.9 Å². The summed E-state index contributed by atoms with van der Waals surface area (Å²) in [5.41, 5.74) is 2.45. The lowest BCUT2D eigenvalue weighted by molar-refractivity contribution is 0.217. The van der Waals surface area contributed by atoms with E-state index in [1.807, 2.05) is 12.1 Å². The van der Waals surface area contributed by atoms with Crippen LogP contribution >= 0.6 is 0 Å². The summed E-state index contributed by atoms with van der Waals surface area (Å²) in [4.78, 5) is 0. The molecule has 1 rings (SSSR count). The Balaban J connectivity index is 2.58. The minimum atomic E-state index is -0.492. The van der Waals surface area contributed by atoms with Gasteiger partial charge in [-0.05, 0) is 36.0 Å². The molecular formula is C18H26O. The van der Waals surface area contributed by atoms with Crippen molar-refractivity contribution in [3.63, 3.8) is 0 Å². The monoisotopic (exact) mass is 258 g/mol. The van der Waals surface area contributed by atoms with Crippen LogP contribution in [0.1, 0.15) is 64.5 Å². The minimum Gasteiger partial charge on any atom is -0.380 e. The van der Waals surface area contributed by atoms with Gasteiger partial charge in [-0.15, -0.1) is 0 Å². The zero-order valence-electron chi connectivity index (χ0n) is 12.7. The molecule has 0 bridgehead atoms. The molecule has 1 atom stereocenters. The molecule has 0 aromatic heterocycles. The Bertz CT molecular complexity index is 425. The zero-order chi connectivity index (χ0) is 14.3. The number of aliphatic hydroxyl groups excluding tert-OH is 1. The van der Waals surface area contributed by atoms with E-state index in [-0.39, 0.29) is 5.41 Å². The number of hydrogen-bond donors (Lipinski definition) is 1. The molecule has 1 unspecified atom stereocenters. The van der Waals surface area contributed by atoms with Gasteiger partial charge in [0.1, 0.15) is 6.10 Å². The van der Waals surface area contributed by atoms with Crippen molar-refractivity contribution in [3.05, 3.63) is 35.4 Å². The van der Waals surface area contributed by atoms with Crippen LogP contribution in [0.4, 0.5) is 0 Å². The van der Waals surface area contributed by atoms with Gasteiger partial charge >= 0.3 is 0 Å². The molecule has 0 radical (unpaired) electrons. The second kappa shape index (κ2) is 7.36. The van der Waals surface area contributed by atoms with Crippen LogP contribution in [0.15, 0.2) is 24.3 Å². The van der Waals surface area contributed by atoms with Gasteiger partial charge in [-0.1, -0.05) is 64.5 Å². The SMILES string of the molecule is CCCCCC(O)C#Cc1ccc(C(C)(C)C)cc1. The lowest BCUT2D eigenvalue weighted by atomic mass is 9.87. The van der Waals surface area contributed by atoms with Crippen LogP contribution < -0.4 is 0 Å². The van der Waals surface area contributed by atoms with Crippen LogP contribution in [0.3, 0.4) is 0 Å². The second-order valence-corrected chi connectivity index (χ2v) is 6.11. The summed E-state index contributed by atoms with van der Waals surface area (Å²) >= 11 is 0. The fraction of sp³-hybridized carbons (Fsp3) is 0.556. The van der Waals surface area contributed by atoms with Gasteiger partial charge in [-0.2, -0.15) is 0 Å². The Labute approximate surface area is 118 Å². The number of unbranched alkanes of at least 4 members (excludes halogenated alkanes) is 2. The maximum Gasteiger partial charge on any atom is 0.115 e. The van der Waals surface area contributed by atoms with Crippen molar-refractivity contribution in [2.75, 3.05) is 0 Å². The molecule has 1 aromatic rings. The highest BCUT2D eigenvalue weighted by atomic mass is 16.3. The second-order valence-electron chi connectivity index (χ2n) is 6.11. The van der Waals surface area contributed by atoms with Gasteiger partial charge in [0.25, 0.3) is 0 Å². The molecule has 0 aliphatic rings. The Kier molecular flexibility index (Phi) is 6.12. The first-order valence-corrected chi connectivity index (χ1v) is 7.23. The summed E-state index contributed by atoms with van der Waals surface area (Å²) < 4.78 is 0. The van der Waals surface area contributed by atoms with Crippen molar-refractivity contribution < 1.29 is 5.11 Å². The third-order valence-corrected chi connectivity index (χ3v) is 3.22. The van der Waals surface area contributed by atoms with Crippen LogP contribution in [0.2, 0.25) is 0 Å². The quantitative estimate of drug-likeness (QED) is 0.631. The molecule has 1 N–H and O–H groups in total. The number of aliphatic hydroxyl groups is 1. The third kappa shape index (κ3) is 5.94. The molecule has 19 heavy (non-hydrogen) atoms. The summed E-state index contributed by atoms with van der Waals surface area (Å²) in [5, 5.41) is 9.75. The Morgan fingerprint density at radius 3 is 2.26 bits per heavy atom. The fourth-order valence-electron chi connectivity index (χ4n) is 1.88. The van der Waals surface area contributed by atoms with Crippen LogP contribution in [-0.2, 0) is 5.41 Å². The summed E-state index contributed by atoms with van der Waals surface area (Å²) in [7, 11) is 0. The maximum absolute atomic E-state index is 9.75. The van der Waals surface area contributed by atoms with E-state index in [4.69, 9.17) is 0 Å². The van der Waals surface area contributed by atoms with E-state index in [9.17, 15) is 5.11 Å². The lowest BCUT2D eigenvalue weighted by Crippen LogP contribution is -2.10. The standard InChI is InChI=1S/C18H26O/c1-5-6-7-8-17(19)14-11-15-9-12-16(13-10-15)18(2,3)4/h9-10,12-13,17,19H,5-8H2,1-4H3. The molecule has 0 aliphatic heterocycles. The van der Waals surface area contributed by atoms with Gasteiger partial charge in [0.05, 0.1) is 0 Å². The molecule has 0 fully saturated rings. The molecule has 0 saturated heterocycles. The molecule has 1 aromatic carbocycles. The maximum atomic E-state index is 9.75. The highest BCUT2D eigenvalue weighted by molar-refractivity contribution is 5.38. The smallest absolute Gasteiger partial charge is 0.115 e. The molecule has 1 nitrogen and oxygen atoms in total. The van der Waals surface area contributed by atoms with E-state index in [1.54, 1.807) is 0 Å². The van der Waals surface area contributed by atoms with Gasteiger partial charge in [-0.3, -0.25) is 0 Å². The Morgan fingerprint density at radius 1 is 1.11 bits per heavy atom. The van der Waals surface area contributed by atoms with Gasteiger partial charge in [0, 0.05) is 5.56 Å². The molecule has 0 saturated carbocycles. The van der Waals surface area contributed by atoms with Gasteiger partial charge < -0.3 is 5.11 Å². The van der Waals surface area contributed by atoms with Crippen LogP contribution in [0.5, 0.6) is 0 Å². The van der Waals surface area contributed by atoms with E-state index in [0.717, 1.165) is 18.4 Å². The fourth-order valence-corrected chi connectivity index (χ4v) is 1.88. The zero-order valence-corrected chi connectivity index (χ0v) is 12.7. The first kappa shape index (κ1) is 15.8. The number of benzene rings is 1. The Morgan fingerprint density at radius 2 is 1.74 bits per heavy atom. The van der Waals surface area contributed by atoms with Crippen LogP contribution in [0, 0.1) is 11.8 Å². The van der Waals surface area contributed by atoms with Crippen molar-refractivity contribution in [3.8, 4) is 11.8 Å². The van der Waals surface area contributed by atoms with Crippen molar-refractivity contribution >= 4 is 0 Å². The van der Waals surface area contributed by atoms with Gasteiger partial charge in [0.15, 0.2) is 0 Å². The molecule has 1 heteroatoms. The molecule has 0 spiro atoms. The van der Waals surface area contributed by atoms with Crippen molar-refractivity contribution in [1.29, 1.82) is 0 Å². The molecule has 0 aliphatic carbocycles. The van der Waals surface area contributed by atoms with Gasteiger partial charge in [-0.25, -0.2) is 0 Å². The van der Waals surface area contributed by atoms with E-state index in [2.05, 4.69) is 51.7 Å². The van der Waals surface area contributed by atoms with Crippen molar-refractivity contribution in [2.24, 2.45) is 0 Å². The van der Waals surface area contributed by atoms with E-state index in [0.29, 0.717) is 0 Å². The average Bonchev–Trinajstić information content (AvgIpc) is 2.36. The van der Waals surface area contributed by atoms with E-state index < -0.39 is 6.10 Å². The molecular weight excluding hydrogens is 232 g/mol. The summed E-state index contributed by atoms with van der Waals surface area (Å²) in [6.07, 6.45) is 3.68. The first-order chi connectivity index (χ1) is 8.93. The normalized spacial score (nSPS) is 12.7. The predicted molar refractivity (Wildman–Crippen MR) is 82.2 cm³/mol. The Hall–Kier alpha value is -1.26. The highest BCUT2D eigenvalue weighted by Crippen LogP contribution is 2.21. The molecule has 104 valence electrons. The van der Waals surface area contributed by atoms with Crippen LogP contribution in [0.25, 0.3) is 0 Å².